The Bertz CT molecular complexity index is 1950. The molecule has 0 fully saturated rings. The van der Waals surface area contributed by atoms with Gasteiger partial charge in [0.2, 0.25) is 11.8 Å². The summed E-state index contributed by atoms with van der Waals surface area (Å²) in [5.74, 6) is -2.58. The molecule has 2 aromatic carbocycles. The van der Waals surface area contributed by atoms with E-state index >= 15 is 4.39 Å². The van der Waals surface area contributed by atoms with Crippen molar-refractivity contribution in [2.24, 2.45) is 5.73 Å². The molecule has 0 saturated heterocycles. The minimum absolute atomic E-state index is 0.0164. The molecule has 316 valence electrons. The lowest BCUT2D eigenvalue weighted by molar-refractivity contribution is -0.139. The van der Waals surface area contributed by atoms with Crippen molar-refractivity contribution in [3.8, 4) is 0 Å². The molecule has 0 bridgehead atoms. The highest BCUT2D eigenvalue weighted by Gasteiger charge is 2.40. The molecule has 0 unspecified atom stereocenters. The van der Waals surface area contributed by atoms with Gasteiger partial charge in [-0.15, -0.1) is 0 Å². The van der Waals surface area contributed by atoms with E-state index in [1.807, 2.05) is 0 Å². The molecule has 0 aliphatic rings. The number of aromatic nitrogens is 2. The van der Waals surface area contributed by atoms with Crippen LogP contribution in [0.2, 0.25) is 41.3 Å². The van der Waals surface area contributed by atoms with E-state index in [0.29, 0.717) is 16.6 Å². The predicted octanol–water partition coefficient (Wildman–Crippen LogP) is 8.39. The number of primary amides is 1. The lowest BCUT2D eigenvalue weighted by atomic mass is 10.1. The highest BCUT2D eigenvalue weighted by molar-refractivity contribution is 6.74. The number of benzene rings is 2. The first-order valence-corrected chi connectivity index (χ1v) is 25.2. The molecular weight excluding hydrogens is 787 g/mol. The van der Waals surface area contributed by atoms with Crippen molar-refractivity contribution in [1.82, 2.24) is 20.0 Å². The number of halogens is 2. The Hall–Kier alpha value is -3.84. The molecule has 0 radical (unpaired) electrons. The monoisotopic (exact) mass is 848 g/mol. The molecule has 0 aliphatic heterocycles. The third-order valence-corrected chi connectivity index (χ3v) is 20.0. The minimum Gasteiger partial charge on any atom is -0.444 e. The molecule has 2 atom stereocenters. The van der Waals surface area contributed by atoms with Gasteiger partial charge in [-0.25, -0.2) is 9.18 Å². The van der Waals surface area contributed by atoms with Crippen molar-refractivity contribution in [1.29, 1.82) is 0 Å². The molecule has 4 N–H and O–H groups in total. The number of nitrogens with zero attached hydrogens (tertiary/aromatic N) is 3. The lowest BCUT2D eigenvalue weighted by Gasteiger charge is -2.39. The number of ether oxygens (including phenoxy) is 1. The molecule has 17 heteroatoms. The smallest absolute Gasteiger partial charge is 0.412 e. The number of hydrogen-bond acceptors (Lipinski definition) is 8. The van der Waals surface area contributed by atoms with Crippen LogP contribution in [0.4, 0.5) is 14.9 Å². The average Bonchev–Trinajstić information content (AvgIpc) is 3.41. The number of hydrogen-bond donors (Lipinski definition) is 3. The zero-order valence-corrected chi connectivity index (χ0v) is 38.7. The fraction of sp³-hybridized carbons (Fsp3) is 0.575. The molecule has 57 heavy (non-hydrogen) atoms. The molecular formula is C40H62ClFN6O7Si2. The largest absolute Gasteiger partial charge is 0.444 e. The summed E-state index contributed by atoms with van der Waals surface area (Å²) in [6.07, 6.45) is -0.695. The summed E-state index contributed by atoms with van der Waals surface area (Å²) < 4.78 is 35.1. The summed E-state index contributed by atoms with van der Waals surface area (Å²) in [6, 6.07) is 7.78. The maximum absolute atomic E-state index is 15.5. The van der Waals surface area contributed by atoms with Gasteiger partial charge < -0.3 is 29.5 Å². The fourth-order valence-corrected chi connectivity index (χ4v) is 7.52. The first-order valence-electron chi connectivity index (χ1n) is 19.0. The summed E-state index contributed by atoms with van der Waals surface area (Å²) in [6.45, 7) is 27.2. The molecule has 3 rings (SSSR count). The van der Waals surface area contributed by atoms with E-state index < -0.39 is 70.5 Å². The number of carbonyl (C=O) groups is 4. The summed E-state index contributed by atoms with van der Waals surface area (Å²) in [4.78, 5) is 54.8. The van der Waals surface area contributed by atoms with Gasteiger partial charge in [-0.3, -0.25) is 24.4 Å². The van der Waals surface area contributed by atoms with Crippen LogP contribution in [0, 0.1) is 5.82 Å². The van der Waals surface area contributed by atoms with Gasteiger partial charge >= 0.3 is 6.09 Å². The summed E-state index contributed by atoms with van der Waals surface area (Å²) in [7, 11) is -4.62. The van der Waals surface area contributed by atoms with Crippen LogP contribution in [0.25, 0.3) is 10.9 Å². The second-order valence-corrected chi connectivity index (χ2v) is 28.5. The van der Waals surface area contributed by atoms with Crippen molar-refractivity contribution in [3.05, 3.63) is 58.5 Å². The lowest BCUT2D eigenvalue weighted by Crippen LogP contribution is -2.51. The van der Waals surface area contributed by atoms with E-state index in [-0.39, 0.29) is 46.1 Å². The van der Waals surface area contributed by atoms with Crippen LogP contribution in [0.15, 0.2) is 36.4 Å². The summed E-state index contributed by atoms with van der Waals surface area (Å²) >= 11 is 6.18. The average molecular weight is 850 g/mol. The van der Waals surface area contributed by atoms with Gasteiger partial charge in [0.05, 0.1) is 42.4 Å². The first-order chi connectivity index (χ1) is 25.9. The Balaban J connectivity index is 2.00. The van der Waals surface area contributed by atoms with E-state index in [4.69, 9.17) is 30.9 Å². The second kappa shape index (κ2) is 18.0. The van der Waals surface area contributed by atoms with Gasteiger partial charge in [0.1, 0.15) is 18.0 Å². The zero-order chi connectivity index (χ0) is 43.5. The standard InChI is InChI=1S/C40H62ClFN6O7Si2/c1-25(23-53-56(11,12)39(5,6)7)47(21-32(49)45-30(24-54-57(13,14)40(8,9)10)27-16-15-17-29(41)34(27)42)33(50)22-48-31-19-18-26(44-37(52)55-38(2,3)4)20-28(31)35(46-48)36(43)51/h15-20,25,30H,21-24H2,1-14H3,(H2,43,51)(H,44,52)(H,45,49)/t25-,30+/m1/s1. The van der Waals surface area contributed by atoms with Crippen molar-refractivity contribution in [2.45, 2.75) is 130 Å². The normalized spacial score (nSPS) is 13.9. The number of rotatable bonds is 15. The van der Waals surface area contributed by atoms with Crippen molar-refractivity contribution < 1.29 is 37.2 Å². The number of fused-ring (bicyclic) bond motifs is 1. The molecule has 1 heterocycles. The number of amides is 4. The van der Waals surface area contributed by atoms with Gasteiger partial charge in [0.15, 0.2) is 22.3 Å². The SMILES string of the molecule is C[C@H](CO[Si](C)(C)C(C)(C)C)N(CC(=O)N[C@@H](CO[Si](C)(C)C(C)(C)C)c1cccc(Cl)c1F)C(=O)Cn1nc(C(N)=O)c2cc(NC(=O)OC(C)(C)C)ccc21. The van der Waals surface area contributed by atoms with Crippen LogP contribution < -0.4 is 16.4 Å². The van der Waals surface area contributed by atoms with Gasteiger partial charge in [-0.05, 0) is 88.2 Å². The van der Waals surface area contributed by atoms with Gasteiger partial charge in [-0.2, -0.15) is 5.10 Å². The quantitative estimate of drug-likeness (QED) is 0.128. The molecule has 0 saturated carbocycles. The maximum atomic E-state index is 15.5. The Morgan fingerprint density at radius 1 is 0.930 bits per heavy atom. The van der Waals surface area contributed by atoms with E-state index in [1.54, 1.807) is 52.0 Å². The van der Waals surface area contributed by atoms with Gasteiger partial charge in [0, 0.05) is 16.6 Å². The number of nitrogens with one attached hydrogen (secondary N) is 2. The Labute approximate surface area is 343 Å². The molecule has 3 aromatic rings. The first kappa shape index (κ1) is 47.5. The number of anilines is 1. The van der Waals surface area contributed by atoms with Gasteiger partial charge in [-0.1, -0.05) is 65.3 Å². The van der Waals surface area contributed by atoms with E-state index in [1.165, 1.54) is 21.7 Å². The number of nitrogens with two attached hydrogens (primary N) is 1. The predicted molar refractivity (Wildman–Crippen MR) is 228 cm³/mol. The van der Waals surface area contributed by atoms with Crippen LogP contribution in [0.5, 0.6) is 0 Å². The van der Waals surface area contributed by atoms with Crippen LogP contribution in [-0.4, -0.2) is 86.5 Å². The Morgan fingerprint density at radius 2 is 1.51 bits per heavy atom. The third kappa shape index (κ3) is 12.6. The van der Waals surface area contributed by atoms with Gasteiger partial charge in [0.25, 0.3) is 5.91 Å². The van der Waals surface area contributed by atoms with Crippen LogP contribution >= 0.6 is 11.6 Å². The molecule has 4 amide bonds. The van der Waals surface area contributed by atoms with E-state index in [0.717, 1.165) is 0 Å². The molecule has 13 nitrogen and oxygen atoms in total. The Morgan fingerprint density at radius 3 is 2.05 bits per heavy atom. The topological polar surface area (TPSA) is 167 Å². The molecule has 1 aromatic heterocycles. The van der Waals surface area contributed by atoms with Crippen molar-refractivity contribution in [2.75, 3.05) is 25.1 Å². The zero-order valence-electron chi connectivity index (χ0n) is 36.0. The molecule has 0 spiro atoms. The Kier molecular flexibility index (Phi) is 15.0. The maximum Gasteiger partial charge on any atom is 0.412 e. The highest BCUT2D eigenvalue weighted by atomic mass is 35.5. The van der Waals surface area contributed by atoms with E-state index in [9.17, 15) is 19.2 Å². The fourth-order valence-electron chi connectivity index (χ4n) is 5.23. The summed E-state index contributed by atoms with van der Waals surface area (Å²) in [5, 5.41) is 9.87. The van der Waals surface area contributed by atoms with Crippen LogP contribution in [0.3, 0.4) is 0 Å². The minimum atomic E-state index is -2.34. The summed E-state index contributed by atoms with van der Waals surface area (Å²) in [5.41, 5.74) is 5.72. The van der Waals surface area contributed by atoms with Crippen LogP contribution in [0.1, 0.15) is 91.3 Å². The van der Waals surface area contributed by atoms with E-state index in [2.05, 4.69) is 83.5 Å². The third-order valence-electron chi connectivity index (χ3n) is 10.7. The van der Waals surface area contributed by atoms with Crippen molar-refractivity contribution in [3.63, 3.8) is 0 Å². The molecule has 0 aliphatic carbocycles. The highest BCUT2D eigenvalue weighted by Crippen LogP contribution is 2.38. The van der Waals surface area contributed by atoms with Crippen LogP contribution in [-0.2, 0) is 29.7 Å². The van der Waals surface area contributed by atoms with Crippen molar-refractivity contribution >= 4 is 68.6 Å². The number of carbonyl (C=O) groups excluding carboxylic acids is 4. The second-order valence-electron chi connectivity index (χ2n) is 18.5.